The number of nitrogens with zero attached hydrogens (tertiary/aromatic N) is 1. The van der Waals surface area contributed by atoms with Gasteiger partial charge in [0, 0.05) is 16.8 Å². The van der Waals surface area contributed by atoms with Crippen molar-refractivity contribution in [2.45, 2.75) is 37.2 Å². The number of aliphatic hydroxyl groups is 1. The van der Waals surface area contributed by atoms with Gasteiger partial charge in [0.05, 0.1) is 0 Å². The third-order valence-electron chi connectivity index (χ3n) is 4.50. The van der Waals surface area contributed by atoms with Crippen LogP contribution in [0.25, 0.3) is 0 Å². The zero-order chi connectivity index (χ0) is 17.9. The van der Waals surface area contributed by atoms with Gasteiger partial charge < -0.3 is 10.8 Å². The molecule has 1 saturated carbocycles. The Morgan fingerprint density at radius 3 is 2.96 bits per heavy atom. The molecule has 1 fully saturated rings. The highest BCUT2D eigenvalue weighted by atomic mass is 35.5. The highest BCUT2D eigenvalue weighted by Crippen LogP contribution is 2.39. The van der Waals surface area contributed by atoms with Gasteiger partial charge >= 0.3 is 0 Å². The van der Waals surface area contributed by atoms with Gasteiger partial charge in [0.1, 0.15) is 11.3 Å². The molecule has 0 unspecified atom stereocenters. The maximum atomic E-state index is 11.6. The molecule has 25 heavy (non-hydrogen) atoms. The van der Waals surface area contributed by atoms with Crippen molar-refractivity contribution in [2.75, 3.05) is 0 Å². The van der Waals surface area contributed by atoms with Crippen molar-refractivity contribution in [3.63, 3.8) is 0 Å². The summed E-state index contributed by atoms with van der Waals surface area (Å²) >= 11 is 5.97. The Bertz CT molecular complexity index is 856. The van der Waals surface area contributed by atoms with E-state index in [1.165, 1.54) is 0 Å². The van der Waals surface area contributed by atoms with Crippen LogP contribution in [0.3, 0.4) is 0 Å². The Morgan fingerprint density at radius 1 is 1.36 bits per heavy atom. The first kappa shape index (κ1) is 17.5. The molecule has 1 aliphatic carbocycles. The van der Waals surface area contributed by atoms with Crippen LogP contribution in [-0.2, 0) is 0 Å². The third-order valence-corrected chi connectivity index (χ3v) is 4.74. The van der Waals surface area contributed by atoms with Crippen LogP contribution in [0.2, 0.25) is 5.02 Å². The number of benzene rings is 1. The van der Waals surface area contributed by atoms with Crippen LogP contribution in [0.15, 0.2) is 42.6 Å². The van der Waals surface area contributed by atoms with Gasteiger partial charge in [-0.1, -0.05) is 35.6 Å². The Balaban J connectivity index is 1.85. The van der Waals surface area contributed by atoms with E-state index >= 15 is 0 Å². The number of carbonyl (C=O) groups is 1. The quantitative estimate of drug-likeness (QED) is 0.812. The lowest BCUT2D eigenvalue weighted by Crippen LogP contribution is -2.33. The predicted octanol–water partition coefficient (Wildman–Crippen LogP) is 3.27. The van der Waals surface area contributed by atoms with Gasteiger partial charge in [-0.05, 0) is 61.4 Å². The van der Waals surface area contributed by atoms with Crippen LogP contribution in [0, 0.1) is 11.8 Å². The standard InChI is InChI=1S/C20H19ClN2O2/c21-16-6-1-4-14(12-16)8-10-20(25)9-2-5-15(13-20)17-7-3-11-23-18(17)19(22)24/h1,3-4,6-7,11-12,15,25H,2,5,9,13H2,(H2,22,24)/t15-,20+/m1/s1. The molecule has 0 aliphatic heterocycles. The molecule has 2 aromatic rings. The van der Waals surface area contributed by atoms with Gasteiger partial charge in [0.15, 0.2) is 0 Å². The fourth-order valence-electron chi connectivity index (χ4n) is 3.34. The second-order valence-corrected chi connectivity index (χ2v) is 6.83. The lowest BCUT2D eigenvalue weighted by Gasteiger charge is -2.33. The summed E-state index contributed by atoms with van der Waals surface area (Å²) in [5, 5.41) is 11.5. The smallest absolute Gasteiger partial charge is 0.267 e. The molecule has 1 aromatic heterocycles. The number of pyridine rings is 1. The molecule has 1 amide bonds. The summed E-state index contributed by atoms with van der Waals surface area (Å²) in [7, 11) is 0. The number of aromatic nitrogens is 1. The van der Waals surface area contributed by atoms with E-state index in [0.717, 1.165) is 24.0 Å². The minimum atomic E-state index is -1.10. The molecule has 1 aliphatic rings. The molecule has 128 valence electrons. The normalized spacial score (nSPS) is 22.7. The number of hydrogen-bond acceptors (Lipinski definition) is 3. The molecule has 3 N–H and O–H groups in total. The average Bonchev–Trinajstić information content (AvgIpc) is 2.60. The van der Waals surface area contributed by atoms with Gasteiger partial charge in [0.2, 0.25) is 0 Å². The number of halogens is 1. The van der Waals surface area contributed by atoms with Crippen molar-refractivity contribution in [3.05, 3.63) is 64.4 Å². The molecule has 1 aromatic carbocycles. The highest BCUT2D eigenvalue weighted by Gasteiger charge is 2.35. The SMILES string of the molecule is NC(=O)c1ncccc1[C@@H]1CCC[C@](O)(C#Cc2cccc(Cl)c2)C1. The van der Waals surface area contributed by atoms with Crippen molar-refractivity contribution < 1.29 is 9.90 Å². The van der Waals surface area contributed by atoms with E-state index in [2.05, 4.69) is 16.8 Å². The van der Waals surface area contributed by atoms with E-state index in [1.807, 2.05) is 18.2 Å². The van der Waals surface area contributed by atoms with Crippen LogP contribution in [-0.4, -0.2) is 21.6 Å². The van der Waals surface area contributed by atoms with E-state index in [4.69, 9.17) is 17.3 Å². The Hall–Kier alpha value is -2.35. The number of hydrogen-bond donors (Lipinski definition) is 2. The van der Waals surface area contributed by atoms with Crippen LogP contribution in [0.1, 0.15) is 53.2 Å². The van der Waals surface area contributed by atoms with Crippen molar-refractivity contribution >= 4 is 17.5 Å². The number of amides is 1. The Labute approximate surface area is 152 Å². The molecule has 4 nitrogen and oxygen atoms in total. The van der Waals surface area contributed by atoms with Crippen LogP contribution in [0.4, 0.5) is 0 Å². The summed E-state index contributed by atoms with van der Waals surface area (Å²) in [6.45, 7) is 0. The van der Waals surface area contributed by atoms with E-state index in [0.29, 0.717) is 17.9 Å². The van der Waals surface area contributed by atoms with E-state index in [1.54, 1.807) is 24.4 Å². The lowest BCUT2D eigenvalue weighted by atomic mass is 9.75. The second kappa shape index (κ2) is 7.26. The van der Waals surface area contributed by atoms with Crippen LogP contribution < -0.4 is 5.73 Å². The summed E-state index contributed by atoms with van der Waals surface area (Å²) in [5.41, 5.74) is 6.16. The van der Waals surface area contributed by atoms with Gasteiger partial charge in [-0.3, -0.25) is 9.78 Å². The molecule has 0 radical (unpaired) electrons. The van der Waals surface area contributed by atoms with Gasteiger partial charge in [0.25, 0.3) is 5.91 Å². The minimum Gasteiger partial charge on any atom is -0.378 e. The molecular formula is C20H19ClN2O2. The maximum absolute atomic E-state index is 11.6. The third kappa shape index (κ3) is 4.19. The topological polar surface area (TPSA) is 76.2 Å². The molecule has 0 saturated heterocycles. The van der Waals surface area contributed by atoms with E-state index in [-0.39, 0.29) is 11.6 Å². The molecule has 5 heteroatoms. The van der Waals surface area contributed by atoms with Crippen molar-refractivity contribution in [3.8, 4) is 11.8 Å². The first-order chi connectivity index (χ1) is 12.0. The monoisotopic (exact) mass is 354 g/mol. The number of nitrogens with two attached hydrogens (primary N) is 1. The van der Waals surface area contributed by atoms with E-state index in [9.17, 15) is 9.90 Å². The van der Waals surface area contributed by atoms with Crippen LogP contribution >= 0.6 is 11.6 Å². The zero-order valence-corrected chi connectivity index (χ0v) is 14.5. The summed E-state index contributed by atoms with van der Waals surface area (Å²) in [5.74, 6) is 5.47. The lowest BCUT2D eigenvalue weighted by molar-refractivity contribution is 0.0517. The van der Waals surface area contributed by atoms with Crippen molar-refractivity contribution in [2.24, 2.45) is 5.73 Å². The van der Waals surface area contributed by atoms with Gasteiger partial charge in [-0.25, -0.2) is 0 Å². The molecule has 1 heterocycles. The number of rotatable bonds is 2. The number of carbonyl (C=O) groups excluding carboxylic acids is 1. The molecule has 0 bridgehead atoms. The number of primary amides is 1. The molecular weight excluding hydrogens is 336 g/mol. The minimum absolute atomic E-state index is 0.00334. The first-order valence-corrected chi connectivity index (χ1v) is 8.60. The van der Waals surface area contributed by atoms with Crippen LogP contribution in [0.5, 0.6) is 0 Å². The summed E-state index contributed by atoms with van der Waals surface area (Å²) in [4.78, 5) is 15.7. The van der Waals surface area contributed by atoms with Gasteiger partial charge in [-0.15, -0.1) is 0 Å². The zero-order valence-electron chi connectivity index (χ0n) is 13.7. The maximum Gasteiger partial charge on any atom is 0.267 e. The largest absolute Gasteiger partial charge is 0.378 e. The van der Waals surface area contributed by atoms with E-state index < -0.39 is 11.5 Å². The fourth-order valence-corrected chi connectivity index (χ4v) is 3.53. The van der Waals surface area contributed by atoms with Gasteiger partial charge in [-0.2, -0.15) is 0 Å². The molecule has 3 rings (SSSR count). The summed E-state index contributed by atoms with van der Waals surface area (Å²) in [6, 6.07) is 10.9. The predicted molar refractivity (Wildman–Crippen MR) is 97.2 cm³/mol. The summed E-state index contributed by atoms with van der Waals surface area (Å²) < 4.78 is 0. The second-order valence-electron chi connectivity index (χ2n) is 6.39. The van der Waals surface area contributed by atoms with Crippen molar-refractivity contribution in [1.29, 1.82) is 0 Å². The highest BCUT2D eigenvalue weighted by molar-refractivity contribution is 6.30. The van der Waals surface area contributed by atoms with Crippen molar-refractivity contribution in [1.82, 2.24) is 4.98 Å². The first-order valence-electron chi connectivity index (χ1n) is 8.23. The Kier molecular flexibility index (Phi) is 5.08. The Morgan fingerprint density at radius 2 is 2.20 bits per heavy atom. The summed E-state index contributed by atoms with van der Waals surface area (Å²) in [6.07, 6.45) is 4.29. The molecule has 2 atom stereocenters. The fraction of sp³-hybridized carbons (Fsp3) is 0.300. The average molecular weight is 355 g/mol. The molecule has 0 spiro atoms.